The van der Waals surface area contributed by atoms with Gasteiger partial charge in [-0.3, -0.25) is 0 Å². The van der Waals surface area contributed by atoms with Crippen molar-refractivity contribution in [3.63, 3.8) is 0 Å². The van der Waals surface area contributed by atoms with Crippen LogP contribution in [0.4, 0.5) is 30.6 Å². The Bertz CT molecular complexity index is 853. The highest BCUT2D eigenvalue weighted by atomic mass is 35.5. The van der Waals surface area contributed by atoms with Crippen LogP contribution in [0.3, 0.4) is 0 Å². The molecule has 0 amide bonds. The Morgan fingerprint density at radius 3 is 2.72 bits per heavy atom. The highest BCUT2D eigenvalue weighted by Crippen LogP contribution is 2.34. The van der Waals surface area contributed by atoms with Gasteiger partial charge in [0.1, 0.15) is 11.6 Å². The van der Waals surface area contributed by atoms with E-state index in [0.717, 1.165) is 12.1 Å². The second-order valence-corrected chi connectivity index (χ2v) is 5.42. The summed E-state index contributed by atoms with van der Waals surface area (Å²) < 4.78 is 43.7. The molecule has 0 bridgehead atoms. The van der Waals surface area contributed by atoms with Gasteiger partial charge in [-0.25, -0.2) is 4.98 Å². The number of nitrogens with one attached hydrogen (secondary N) is 2. The number of aromatic nitrogens is 2. The molecule has 2 heterocycles. The van der Waals surface area contributed by atoms with E-state index in [-0.39, 0.29) is 10.7 Å². The van der Waals surface area contributed by atoms with E-state index in [1.165, 1.54) is 18.3 Å². The van der Waals surface area contributed by atoms with Crippen LogP contribution in [0.2, 0.25) is 5.02 Å². The first kappa shape index (κ1) is 17.1. The lowest BCUT2D eigenvalue weighted by molar-refractivity contribution is -0.137. The average Bonchev–Trinajstić information content (AvgIpc) is 3.08. The quantitative estimate of drug-likeness (QED) is 0.656. The molecule has 2 N–H and O–H groups in total. The molecule has 0 unspecified atom stereocenters. The van der Waals surface area contributed by atoms with E-state index >= 15 is 0 Å². The molecule has 0 saturated heterocycles. The van der Waals surface area contributed by atoms with Gasteiger partial charge in [0.2, 0.25) is 5.95 Å². The van der Waals surface area contributed by atoms with E-state index in [2.05, 4.69) is 20.6 Å². The lowest BCUT2D eigenvalue weighted by atomic mass is 10.2. The number of alkyl halides is 3. The molecular formula is C16H12ClF3N4O. The van der Waals surface area contributed by atoms with Crippen molar-refractivity contribution in [2.45, 2.75) is 12.7 Å². The smallest absolute Gasteiger partial charge is 0.416 e. The van der Waals surface area contributed by atoms with Gasteiger partial charge in [0, 0.05) is 6.20 Å². The maximum Gasteiger partial charge on any atom is 0.416 e. The molecule has 5 nitrogen and oxygen atoms in total. The largest absolute Gasteiger partial charge is 0.467 e. The molecule has 1 aromatic carbocycles. The summed E-state index contributed by atoms with van der Waals surface area (Å²) in [6.45, 7) is 0.376. The minimum absolute atomic E-state index is 0.104. The van der Waals surface area contributed by atoms with Gasteiger partial charge in [-0.2, -0.15) is 18.2 Å². The monoisotopic (exact) mass is 368 g/mol. The summed E-state index contributed by atoms with van der Waals surface area (Å²) in [4.78, 5) is 8.23. The van der Waals surface area contributed by atoms with Crippen LogP contribution in [0, 0.1) is 0 Å². The number of hydrogen-bond acceptors (Lipinski definition) is 5. The third-order valence-electron chi connectivity index (χ3n) is 3.21. The zero-order valence-corrected chi connectivity index (χ0v) is 13.4. The zero-order chi connectivity index (χ0) is 17.9. The van der Waals surface area contributed by atoms with Crippen molar-refractivity contribution in [2.24, 2.45) is 0 Å². The third-order valence-corrected chi connectivity index (χ3v) is 3.54. The fraction of sp³-hybridized carbons (Fsp3) is 0.125. The molecule has 130 valence electrons. The van der Waals surface area contributed by atoms with Crippen LogP contribution in [-0.2, 0) is 12.7 Å². The Morgan fingerprint density at radius 1 is 1.16 bits per heavy atom. The fourth-order valence-corrected chi connectivity index (χ4v) is 2.19. The second-order valence-electron chi connectivity index (χ2n) is 5.02. The molecule has 0 radical (unpaired) electrons. The summed E-state index contributed by atoms with van der Waals surface area (Å²) in [5.74, 6) is 1.30. The number of furan rings is 1. The molecule has 2 aromatic heterocycles. The Hall–Kier alpha value is -2.74. The van der Waals surface area contributed by atoms with Gasteiger partial charge >= 0.3 is 6.18 Å². The summed E-state index contributed by atoms with van der Waals surface area (Å²) >= 11 is 5.96. The first-order valence-electron chi connectivity index (χ1n) is 7.15. The third kappa shape index (κ3) is 4.42. The highest BCUT2D eigenvalue weighted by Gasteiger charge is 2.31. The van der Waals surface area contributed by atoms with E-state index in [9.17, 15) is 13.2 Å². The van der Waals surface area contributed by atoms with E-state index in [4.69, 9.17) is 16.0 Å². The maximum absolute atomic E-state index is 12.8. The molecule has 3 aromatic rings. The van der Waals surface area contributed by atoms with Gasteiger partial charge < -0.3 is 15.1 Å². The number of rotatable bonds is 5. The van der Waals surface area contributed by atoms with Crippen LogP contribution in [0.5, 0.6) is 0 Å². The van der Waals surface area contributed by atoms with Gasteiger partial charge in [0.05, 0.1) is 29.1 Å². The van der Waals surface area contributed by atoms with Crippen LogP contribution in [0.25, 0.3) is 0 Å². The SMILES string of the molecule is FC(F)(F)c1ccc(Cl)c(Nc2ccnc(NCc3ccco3)n2)c1. The predicted octanol–water partition coefficient (Wildman–Crippen LogP) is 5.10. The summed E-state index contributed by atoms with van der Waals surface area (Å²) in [6, 6.07) is 8.10. The molecule has 0 aliphatic heterocycles. The van der Waals surface area contributed by atoms with Crippen molar-refractivity contribution >= 4 is 29.1 Å². The minimum Gasteiger partial charge on any atom is -0.467 e. The summed E-state index contributed by atoms with van der Waals surface area (Å²) in [5.41, 5.74) is -0.697. The van der Waals surface area contributed by atoms with Gasteiger partial charge in [-0.1, -0.05) is 11.6 Å². The molecule has 0 spiro atoms. The molecule has 0 saturated carbocycles. The molecule has 25 heavy (non-hydrogen) atoms. The number of halogens is 4. The second kappa shape index (κ2) is 7.02. The van der Waals surface area contributed by atoms with Crippen molar-refractivity contribution in [1.29, 1.82) is 0 Å². The predicted molar refractivity (Wildman–Crippen MR) is 87.8 cm³/mol. The van der Waals surface area contributed by atoms with Crippen LogP contribution < -0.4 is 10.6 Å². The number of anilines is 3. The fourth-order valence-electron chi connectivity index (χ4n) is 2.03. The topological polar surface area (TPSA) is 63.0 Å². The molecule has 9 heteroatoms. The van der Waals surface area contributed by atoms with Crippen molar-refractivity contribution in [3.8, 4) is 0 Å². The summed E-state index contributed by atoms with van der Waals surface area (Å²) in [5, 5.41) is 5.88. The molecular weight excluding hydrogens is 357 g/mol. The average molecular weight is 369 g/mol. The van der Waals surface area contributed by atoms with Crippen molar-refractivity contribution in [1.82, 2.24) is 9.97 Å². The van der Waals surface area contributed by atoms with Crippen molar-refractivity contribution in [2.75, 3.05) is 10.6 Å². The van der Waals surface area contributed by atoms with Crippen LogP contribution in [-0.4, -0.2) is 9.97 Å². The summed E-state index contributed by atoms with van der Waals surface area (Å²) in [6.07, 6.45) is -1.44. The van der Waals surface area contributed by atoms with Gasteiger partial charge in [0.25, 0.3) is 0 Å². The number of benzene rings is 1. The van der Waals surface area contributed by atoms with Crippen LogP contribution in [0.15, 0.2) is 53.3 Å². The number of nitrogens with zero attached hydrogens (tertiary/aromatic N) is 2. The molecule has 0 atom stereocenters. The van der Waals surface area contributed by atoms with Crippen LogP contribution in [0.1, 0.15) is 11.3 Å². The Kier molecular flexibility index (Phi) is 4.80. The van der Waals surface area contributed by atoms with E-state index < -0.39 is 11.7 Å². The van der Waals surface area contributed by atoms with E-state index in [1.807, 2.05) is 0 Å². The zero-order valence-electron chi connectivity index (χ0n) is 12.6. The van der Waals surface area contributed by atoms with Gasteiger partial charge in [-0.05, 0) is 36.4 Å². The van der Waals surface area contributed by atoms with Crippen LogP contribution >= 0.6 is 11.6 Å². The summed E-state index contributed by atoms with van der Waals surface area (Å²) in [7, 11) is 0. The van der Waals surface area contributed by atoms with Crippen molar-refractivity contribution < 1.29 is 17.6 Å². The Balaban J connectivity index is 1.76. The minimum atomic E-state index is -4.46. The lowest BCUT2D eigenvalue weighted by Gasteiger charge is -2.12. The van der Waals surface area contributed by atoms with E-state index in [0.29, 0.717) is 24.1 Å². The molecule has 3 rings (SSSR count). The van der Waals surface area contributed by atoms with E-state index in [1.54, 1.807) is 18.4 Å². The Morgan fingerprint density at radius 2 is 2.00 bits per heavy atom. The van der Waals surface area contributed by atoms with Gasteiger partial charge in [-0.15, -0.1) is 0 Å². The molecule has 0 fully saturated rings. The Labute approximate surface area is 145 Å². The maximum atomic E-state index is 12.8. The first-order valence-corrected chi connectivity index (χ1v) is 7.53. The molecule has 0 aliphatic carbocycles. The number of hydrogen-bond donors (Lipinski definition) is 2. The van der Waals surface area contributed by atoms with Gasteiger partial charge in [0.15, 0.2) is 0 Å². The standard InChI is InChI=1S/C16H12ClF3N4O/c17-12-4-3-10(16(18,19)20)8-13(12)23-14-5-6-21-15(24-14)22-9-11-2-1-7-25-11/h1-8H,9H2,(H2,21,22,23,24). The van der Waals surface area contributed by atoms with Crippen molar-refractivity contribution in [3.05, 3.63) is 65.2 Å². The first-order chi connectivity index (χ1) is 11.9. The highest BCUT2D eigenvalue weighted by molar-refractivity contribution is 6.33. The molecule has 0 aliphatic rings. The normalized spacial score (nSPS) is 11.4. The lowest BCUT2D eigenvalue weighted by Crippen LogP contribution is -2.07.